The molecule has 1 saturated carbocycles. The normalized spacial score (nSPS) is 16.0. The molecule has 3 rings (SSSR count). The second-order valence-corrected chi connectivity index (χ2v) is 7.84. The van der Waals surface area contributed by atoms with E-state index in [4.69, 9.17) is 4.42 Å². The molecule has 29 heavy (non-hydrogen) atoms. The highest BCUT2D eigenvalue weighted by Gasteiger charge is 2.20. The summed E-state index contributed by atoms with van der Waals surface area (Å²) >= 11 is 0. The fraction of sp³-hybridized carbons (Fsp3) is 0.417. The molecule has 0 unspecified atom stereocenters. The Morgan fingerprint density at radius 3 is 2.38 bits per heavy atom. The number of aryl methyl sites for hydroxylation is 2. The summed E-state index contributed by atoms with van der Waals surface area (Å²) in [5.74, 6) is -0.0592. The molecule has 1 aromatic carbocycles. The predicted molar refractivity (Wildman–Crippen MR) is 114 cm³/mol. The van der Waals surface area contributed by atoms with Crippen LogP contribution in [0.25, 0.3) is 6.08 Å². The first-order valence-electron chi connectivity index (χ1n) is 10.5. The van der Waals surface area contributed by atoms with E-state index in [1.165, 1.54) is 19.3 Å². The van der Waals surface area contributed by atoms with Crippen LogP contribution in [-0.2, 0) is 4.79 Å². The van der Waals surface area contributed by atoms with E-state index in [9.17, 15) is 9.59 Å². The van der Waals surface area contributed by atoms with Crippen LogP contribution >= 0.6 is 0 Å². The summed E-state index contributed by atoms with van der Waals surface area (Å²) in [6.07, 6.45) is 11.0. The van der Waals surface area contributed by atoms with E-state index < -0.39 is 0 Å². The molecule has 2 aromatic rings. The van der Waals surface area contributed by atoms with Gasteiger partial charge in [-0.2, -0.15) is 0 Å². The van der Waals surface area contributed by atoms with Crippen LogP contribution in [0, 0.1) is 13.8 Å². The van der Waals surface area contributed by atoms with Crippen molar-refractivity contribution in [1.29, 1.82) is 0 Å². The molecule has 2 amide bonds. The summed E-state index contributed by atoms with van der Waals surface area (Å²) in [6.45, 7) is 3.97. The largest absolute Gasteiger partial charge is 0.465 e. The molecule has 1 aromatic heterocycles. The zero-order valence-corrected chi connectivity index (χ0v) is 17.3. The first-order valence-corrected chi connectivity index (χ1v) is 10.5. The van der Waals surface area contributed by atoms with Gasteiger partial charge in [-0.3, -0.25) is 9.59 Å². The van der Waals surface area contributed by atoms with E-state index in [1.807, 2.05) is 26.0 Å². The molecule has 1 heterocycles. The molecule has 0 aliphatic heterocycles. The number of carbonyl (C=O) groups excluding carboxylic acids is 2. The molecule has 0 spiro atoms. The average Bonchev–Trinajstić information content (AvgIpc) is 3.18. The molecule has 0 bridgehead atoms. The summed E-state index contributed by atoms with van der Waals surface area (Å²) in [5.41, 5.74) is 2.88. The highest BCUT2D eigenvalue weighted by atomic mass is 16.3. The molecule has 0 radical (unpaired) electrons. The van der Waals surface area contributed by atoms with Crippen LogP contribution in [0.15, 0.2) is 46.7 Å². The van der Waals surface area contributed by atoms with Crippen LogP contribution in [0.4, 0.5) is 0 Å². The standard InChI is InChI=1S/C24H30N2O3/c1-17-12-13-19(15-18(17)2)23(27)26-22(16-21-11-8-14-29-21)24(28)25-20-9-6-4-3-5-7-10-20/h8,11-16,20H,3-7,9-10H2,1-2H3,(H,25,28)(H,26,27). The molecule has 1 aliphatic carbocycles. The van der Waals surface area contributed by atoms with E-state index in [-0.39, 0.29) is 23.6 Å². The van der Waals surface area contributed by atoms with Gasteiger partial charge in [0, 0.05) is 17.7 Å². The van der Waals surface area contributed by atoms with Gasteiger partial charge in [-0.05, 0) is 62.1 Å². The lowest BCUT2D eigenvalue weighted by atomic mass is 9.96. The van der Waals surface area contributed by atoms with Crippen molar-refractivity contribution < 1.29 is 14.0 Å². The van der Waals surface area contributed by atoms with Gasteiger partial charge in [0.2, 0.25) is 0 Å². The number of hydrogen-bond acceptors (Lipinski definition) is 3. The topological polar surface area (TPSA) is 71.3 Å². The Hall–Kier alpha value is -2.82. The fourth-order valence-corrected chi connectivity index (χ4v) is 3.61. The molecule has 0 saturated heterocycles. The van der Waals surface area contributed by atoms with Crippen molar-refractivity contribution >= 4 is 17.9 Å². The van der Waals surface area contributed by atoms with Crippen LogP contribution in [0.5, 0.6) is 0 Å². The van der Waals surface area contributed by atoms with Gasteiger partial charge < -0.3 is 15.1 Å². The minimum Gasteiger partial charge on any atom is -0.465 e. The summed E-state index contributed by atoms with van der Waals surface area (Å²) in [4.78, 5) is 25.8. The number of carbonyl (C=O) groups is 2. The van der Waals surface area contributed by atoms with Gasteiger partial charge in [-0.25, -0.2) is 0 Å². The predicted octanol–water partition coefficient (Wildman–Crippen LogP) is 4.90. The SMILES string of the molecule is Cc1ccc(C(=O)NC(=Cc2ccco2)C(=O)NC2CCCCCCC2)cc1C. The summed E-state index contributed by atoms with van der Waals surface area (Å²) < 4.78 is 5.36. The van der Waals surface area contributed by atoms with Crippen LogP contribution in [0.3, 0.4) is 0 Å². The average molecular weight is 395 g/mol. The van der Waals surface area contributed by atoms with Crippen molar-refractivity contribution in [3.05, 3.63) is 64.7 Å². The minimum absolute atomic E-state index is 0.140. The Morgan fingerprint density at radius 2 is 1.72 bits per heavy atom. The Labute approximate surface area is 172 Å². The fourth-order valence-electron chi connectivity index (χ4n) is 3.61. The maximum absolute atomic E-state index is 13.0. The Kier molecular flexibility index (Phi) is 7.28. The maximum Gasteiger partial charge on any atom is 0.268 e. The van der Waals surface area contributed by atoms with Crippen LogP contribution < -0.4 is 10.6 Å². The molecule has 0 atom stereocenters. The van der Waals surface area contributed by atoms with E-state index in [0.29, 0.717) is 11.3 Å². The number of furan rings is 1. The quantitative estimate of drug-likeness (QED) is 0.709. The molecule has 1 fully saturated rings. The van der Waals surface area contributed by atoms with E-state index >= 15 is 0 Å². The lowest BCUT2D eigenvalue weighted by molar-refractivity contribution is -0.118. The smallest absolute Gasteiger partial charge is 0.268 e. The second-order valence-electron chi connectivity index (χ2n) is 7.84. The molecule has 1 aliphatic rings. The first kappa shape index (κ1) is 20.9. The Balaban J connectivity index is 1.76. The lowest BCUT2D eigenvalue weighted by Gasteiger charge is -2.22. The first-order chi connectivity index (χ1) is 14.0. The highest BCUT2D eigenvalue weighted by molar-refractivity contribution is 6.05. The summed E-state index contributed by atoms with van der Waals surface area (Å²) in [6, 6.07) is 9.17. The molecular weight excluding hydrogens is 364 g/mol. The zero-order valence-electron chi connectivity index (χ0n) is 17.3. The highest BCUT2D eigenvalue weighted by Crippen LogP contribution is 2.18. The third-order valence-electron chi connectivity index (χ3n) is 5.53. The van der Waals surface area contributed by atoms with Crippen molar-refractivity contribution in [1.82, 2.24) is 10.6 Å². The number of nitrogens with one attached hydrogen (secondary N) is 2. The number of amides is 2. The van der Waals surface area contributed by atoms with Gasteiger partial charge >= 0.3 is 0 Å². The van der Waals surface area contributed by atoms with Gasteiger partial charge in [-0.15, -0.1) is 0 Å². The van der Waals surface area contributed by atoms with Crippen molar-refractivity contribution in [2.24, 2.45) is 0 Å². The van der Waals surface area contributed by atoms with Crippen molar-refractivity contribution in [2.75, 3.05) is 0 Å². The minimum atomic E-state index is -0.307. The Morgan fingerprint density at radius 1 is 1.00 bits per heavy atom. The summed E-state index contributed by atoms with van der Waals surface area (Å²) in [5, 5.41) is 5.90. The zero-order chi connectivity index (χ0) is 20.6. The van der Waals surface area contributed by atoms with Gasteiger partial charge in [-0.1, -0.05) is 38.2 Å². The molecule has 2 N–H and O–H groups in total. The Bertz CT molecular complexity index is 860. The van der Waals surface area contributed by atoms with Gasteiger partial charge in [0.15, 0.2) is 0 Å². The summed E-state index contributed by atoms with van der Waals surface area (Å²) in [7, 11) is 0. The third-order valence-corrected chi connectivity index (χ3v) is 5.53. The number of benzene rings is 1. The second kappa shape index (κ2) is 10.1. The van der Waals surface area contributed by atoms with E-state index in [0.717, 1.165) is 36.8 Å². The monoisotopic (exact) mass is 394 g/mol. The van der Waals surface area contributed by atoms with Crippen molar-refractivity contribution in [3.8, 4) is 0 Å². The number of hydrogen-bond donors (Lipinski definition) is 2. The lowest BCUT2D eigenvalue weighted by Crippen LogP contribution is -2.40. The number of rotatable bonds is 5. The van der Waals surface area contributed by atoms with Crippen LogP contribution in [0.1, 0.15) is 72.2 Å². The molecule has 154 valence electrons. The van der Waals surface area contributed by atoms with E-state index in [1.54, 1.807) is 30.5 Å². The van der Waals surface area contributed by atoms with Crippen LogP contribution in [-0.4, -0.2) is 17.9 Å². The van der Waals surface area contributed by atoms with Crippen LogP contribution in [0.2, 0.25) is 0 Å². The van der Waals surface area contributed by atoms with E-state index in [2.05, 4.69) is 10.6 Å². The molecular formula is C24H30N2O3. The van der Waals surface area contributed by atoms with Gasteiger partial charge in [0.05, 0.1) is 6.26 Å². The third kappa shape index (κ3) is 6.08. The van der Waals surface area contributed by atoms with Crippen molar-refractivity contribution in [3.63, 3.8) is 0 Å². The van der Waals surface area contributed by atoms with Gasteiger partial charge in [0.1, 0.15) is 11.5 Å². The van der Waals surface area contributed by atoms with Crippen molar-refractivity contribution in [2.45, 2.75) is 64.8 Å². The maximum atomic E-state index is 13.0. The molecule has 5 nitrogen and oxygen atoms in total. The molecule has 5 heteroatoms. The van der Waals surface area contributed by atoms with Gasteiger partial charge in [0.25, 0.3) is 11.8 Å².